The number of aromatic nitrogens is 2. The number of nitrogens with one attached hydrogen (secondary N) is 1. The topological polar surface area (TPSA) is 67.3 Å². The standard InChI is InChI=1S/C24H28N4O2S/c1-3-25-24(29)30-15-19-16-31-23(26-19)18-11-13-28(14-12-18)22-10-6-9-21(27-22)20-8-5-4-7-17(20)2/h4-10,16,18H,3,11-15H2,1-2H3,(H,25,29). The minimum atomic E-state index is -0.397. The lowest BCUT2D eigenvalue weighted by atomic mass is 9.97. The summed E-state index contributed by atoms with van der Waals surface area (Å²) < 4.78 is 5.18. The van der Waals surface area contributed by atoms with Crippen molar-refractivity contribution in [3.63, 3.8) is 0 Å². The summed E-state index contributed by atoms with van der Waals surface area (Å²) in [6.07, 6.45) is 1.69. The minimum Gasteiger partial charge on any atom is -0.443 e. The fourth-order valence-electron chi connectivity index (χ4n) is 3.88. The number of hydrogen-bond donors (Lipinski definition) is 1. The summed E-state index contributed by atoms with van der Waals surface area (Å²) in [6, 6.07) is 14.6. The van der Waals surface area contributed by atoms with E-state index in [4.69, 9.17) is 14.7 Å². The molecule has 3 heterocycles. The average molecular weight is 437 g/mol. The number of pyridine rings is 1. The van der Waals surface area contributed by atoms with Gasteiger partial charge in [0.15, 0.2) is 0 Å². The lowest BCUT2D eigenvalue weighted by molar-refractivity contribution is 0.139. The van der Waals surface area contributed by atoms with E-state index in [1.807, 2.05) is 12.3 Å². The van der Waals surface area contributed by atoms with Crippen molar-refractivity contribution in [2.75, 3.05) is 24.5 Å². The maximum atomic E-state index is 11.5. The molecule has 3 aromatic rings. The number of piperidine rings is 1. The van der Waals surface area contributed by atoms with E-state index in [0.29, 0.717) is 12.5 Å². The highest BCUT2D eigenvalue weighted by atomic mass is 32.1. The van der Waals surface area contributed by atoms with Crippen LogP contribution >= 0.6 is 11.3 Å². The van der Waals surface area contributed by atoms with Gasteiger partial charge >= 0.3 is 6.09 Å². The average Bonchev–Trinajstić information content (AvgIpc) is 3.28. The van der Waals surface area contributed by atoms with Crippen molar-refractivity contribution in [3.05, 3.63) is 64.1 Å². The van der Waals surface area contributed by atoms with Gasteiger partial charge in [-0.2, -0.15) is 0 Å². The maximum Gasteiger partial charge on any atom is 0.407 e. The van der Waals surface area contributed by atoms with Crippen LogP contribution in [0.25, 0.3) is 11.3 Å². The Labute approximate surface area is 187 Å². The lowest BCUT2D eigenvalue weighted by Gasteiger charge is -2.32. The molecule has 1 aliphatic heterocycles. The summed E-state index contributed by atoms with van der Waals surface area (Å²) in [5.41, 5.74) is 4.27. The number of nitrogens with zero attached hydrogens (tertiary/aromatic N) is 3. The first-order valence-electron chi connectivity index (χ1n) is 10.8. The van der Waals surface area contributed by atoms with Crippen molar-refractivity contribution in [3.8, 4) is 11.3 Å². The zero-order chi connectivity index (χ0) is 21.6. The molecule has 4 rings (SSSR count). The molecule has 0 atom stereocenters. The number of alkyl carbamates (subject to hydrolysis) is 1. The van der Waals surface area contributed by atoms with E-state index in [2.05, 4.69) is 59.6 Å². The third kappa shape index (κ3) is 5.22. The number of amides is 1. The van der Waals surface area contributed by atoms with Crippen molar-refractivity contribution in [1.29, 1.82) is 0 Å². The number of aryl methyl sites for hydroxylation is 1. The second-order valence-corrected chi connectivity index (χ2v) is 8.63. The molecule has 1 saturated heterocycles. The van der Waals surface area contributed by atoms with Crippen molar-refractivity contribution in [2.45, 2.75) is 39.2 Å². The van der Waals surface area contributed by atoms with Crippen molar-refractivity contribution >= 4 is 23.2 Å². The molecule has 1 N–H and O–H groups in total. The summed E-state index contributed by atoms with van der Waals surface area (Å²) in [5.74, 6) is 1.48. The van der Waals surface area contributed by atoms with Crippen LogP contribution < -0.4 is 10.2 Å². The first kappa shape index (κ1) is 21.3. The maximum absolute atomic E-state index is 11.5. The molecule has 0 aliphatic carbocycles. The predicted molar refractivity (Wildman–Crippen MR) is 125 cm³/mol. The summed E-state index contributed by atoms with van der Waals surface area (Å²) in [7, 11) is 0. The van der Waals surface area contributed by atoms with Crippen LogP contribution in [-0.4, -0.2) is 35.7 Å². The van der Waals surface area contributed by atoms with Crippen LogP contribution in [0.5, 0.6) is 0 Å². The Bertz CT molecular complexity index is 1030. The number of hydrogen-bond acceptors (Lipinski definition) is 6. The van der Waals surface area contributed by atoms with E-state index in [0.717, 1.165) is 48.1 Å². The molecule has 0 spiro atoms. The summed E-state index contributed by atoms with van der Waals surface area (Å²) in [5, 5.41) is 5.76. The van der Waals surface area contributed by atoms with Gasteiger partial charge in [0.2, 0.25) is 0 Å². The Morgan fingerprint density at radius 2 is 1.97 bits per heavy atom. The third-order valence-corrected chi connectivity index (χ3v) is 6.62. The number of ether oxygens (including phenoxy) is 1. The van der Waals surface area contributed by atoms with Gasteiger partial charge in [0.05, 0.1) is 16.4 Å². The number of anilines is 1. The molecule has 1 aromatic carbocycles. The Kier molecular flexibility index (Phi) is 6.82. The lowest BCUT2D eigenvalue weighted by Crippen LogP contribution is -2.33. The van der Waals surface area contributed by atoms with E-state index in [9.17, 15) is 4.79 Å². The van der Waals surface area contributed by atoms with Gasteiger partial charge in [-0.15, -0.1) is 11.3 Å². The van der Waals surface area contributed by atoms with Crippen LogP contribution in [0.4, 0.5) is 10.6 Å². The molecular formula is C24H28N4O2S. The van der Waals surface area contributed by atoms with Gasteiger partial charge in [-0.25, -0.2) is 14.8 Å². The highest BCUT2D eigenvalue weighted by Gasteiger charge is 2.24. The highest BCUT2D eigenvalue weighted by molar-refractivity contribution is 7.09. The fraction of sp³-hybridized carbons (Fsp3) is 0.375. The van der Waals surface area contributed by atoms with E-state index < -0.39 is 6.09 Å². The van der Waals surface area contributed by atoms with Crippen LogP contribution in [0.15, 0.2) is 47.8 Å². The quantitative estimate of drug-likeness (QED) is 0.579. The molecule has 0 bridgehead atoms. The zero-order valence-corrected chi connectivity index (χ0v) is 18.8. The van der Waals surface area contributed by atoms with Crippen LogP contribution in [0.2, 0.25) is 0 Å². The normalized spacial score (nSPS) is 14.5. The van der Waals surface area contributed by atoms with E-state index in [1.165, 1.54) is 11.1 Å². The number of carbonyl (C=O) groups excluding carboxylic acids is 1. The first-order chi connectivity index (χ1) is 15.1. The molecule has 1 amide bonds. The number of rotatable bonds is 6. The van der Waals surface area contributed by atoms with Gasteiger partial charge in [0, 0.05) is 36.5 Å². The molecule has 31 heavy (non-hydrogen) atoms. The van der Waals surface area contributed by atoms with Crippen LogP contribution in [-0.2, 0) is 11.3 Å². The van der Waals surface area contributed by atoms with Crippen LogP contribution in [0.1, 0.15) is 41.9 Å². The fourth-order valence-corrected chi connectivity index (χ4v) is 4.85. The Balaban J connectivity index is 1.36. The molecule has 1 aliphatic rings. The number of thiazole rings is 1. The Morgan fingerprint density at radius 1 is 1.16 bits per heavy atom. The Hall–Kier alpha value is -2.93. The second-order valence-electron chi connectivity index (χ2n) is 7.74. The molecule has 0 radical (unpaired) electrons. The smallest absolute Gasteiger partial charge is 0.407 e. The molecule has 6 nitrogen and oxygen atoms in total. The largest absolute Gasteiger partial charge is 0.443 e. The van der Waals surface area contributed by atoms with E-state index >= 15 is 0 Å². The van der Waals surface area contributed by atoms with Gasteiger partial charge < -0.3 is 15.0 Å². The molecular weight excluding hydrogens is 408 g/mol. The molecule has 2 aromatic heterocycles. The van der Waals surface area contributed by atoms with E-state index in [1.54, 1.807) is 11.3 Å². The molecule has 162 valence electrons. The van der Waals surface area contributed by atoms with Crippen molar-refractivity contribution in [1.82, 2.24) is 15.3 Å². The SMILES string of the molecule is CCNC(=O)OCc1csc(C2CCN(c3cccc(-c4ccccc4C)n3)CC2)n1. The number of carbonyl (C=O) groups is 1. The van der Waals surface area contributed by atoms with Crippen molar-refractivity contribution < 1.29 is 9.53 Å². The summed E-state index contributed by atoms with van der Waals surface area (Å²) in [6.45, 7) is 6.68. The van der Waals surface area contributed by atoms with Crippen LogP contribution in [0, 0.1) is 6.92 Å². The first-order valence-corrected chi connectivity index (χ1v) is 11.6. The van der Waals surface area contributed by atoms with Gasteiger partial charge in [-0.05, 0) is 44.4 Å². The number of benzene rings is 1. The second kappa shape index (κ2) is 9.92. The predicted octanol–water partition coefficient (Wildman–Crippen LogP) is 5.14. The van der Waals surface area contributed by atoms with E-state index in [-0.39, 0.29) is 6.61 Å². The van der Waals surface area contributed by atoms with Gasteiger partial charge in [0.1, 0.15) is 12.4 Å². The van der Waals surface area contributed by atoms with Gasteiger partial charge in [-0.1, -0.05) is 30.3 Å². The van der Waals surface area contributed by atoms with Crippen molar-refractivity contribution in [2.24, 2.45) is 0 Å². The molecule has 0 unspecified atom stereocenters. The third-order valence-electron chi connectivity index (χ3n) is 5.57. The van der Waals surface area contributed by atoms with Crippen LogP contribution in [0.3, 0.4) is 0 Å². The zero-order valence-electron chi connectivity index (χ0n) is 18.0. The summed E-state index contributed by atoms with van der Waals surface area (Å²) >= 11 is 1.66. The monoisotopic (exact) mass is 436 g/mol. The molecule has 1 fully saturated rings. The molecule has 0 saturated carbocycles. The molecule has 7 heteroatoms. The van der Waals surface area contributed by atoms with Gasteiger partial charge in [0.25, 0.3) is 0 Å². The van der Waals surface area contributed by atoms with Gasteiger partial charge in [-0.3, -0.25) is 0 Å². The highest BCUT2D eigenvalue weighted by Crippen LogP contribution is 2.32. The Morgan fingerprint density at radius 3 is 2.74 bits per heavy atom. The summed E-state index contributed by atoms with van der Waals surface area (Å²) in [4.78, 5) is 23.5. The minimum absolute atomic E-state index is 0.219.